The number of hydrogen-bond acceptors (Lipinski definition) is 5. The summed E-state index contributed by atoms with van der Waals surface area (Å²) in [5.74, 6) is 1.78. The van der Waals surface area contributed by atoms with Crippen molar-refractivity contribution in [3.63, 3.8) is 0 Å². The number of amides is 1. The van der Waals surface area contributed by atoms with Crippen molar-refractivity contribution >= 4 is 30.7 Å². The van der Waals surface area contributed by atoms with Crippen LogP contribution in [0.3, 0.4) is 0 Å². The Hall–Kier alpha value is -1.60. The van der Waals surface area contributed by atoms with E-state index in [1.165, 1.54) is 0 Å². The van der Waals surface area contributed by atoms with Gasteiger partial charge in [-0.15, -0.1) is 24.8 Å². The van der Waals surface area contributed by atoms with Gasteiger partial charge in [-0.2, -0.15) is 0 Å². The number of nitrogens with two attached hydrogens (primary N) is 1. The standard InChI is InChI=1S/C22H29N3O3.2ClH/c1-14(2)20-19(15-7-4-3-5-8-15)24-21(28-20)17-9-6-12-25(17)22(26)18-11-10-16(13-23)27-18;;/h3-5,7-8,14,16-18H,6,9-13,23H2,1-2H3;2*1H/t16-,17?,18+;;/m1../s1. The number of ether oxygens (including phenoxy) is 1. The molecule has 2 aromatic rings. The first kappa shape index (κ1) is 24.7. The van der Waals surface area contributed by atoms with E-state index in [0.717, 1.165) is 49.2 Å². The fraction of sp³-hybridized carbons (Fsp3) is 0.545. The van der Waals surface area contributed by atoms with Gasteiger partial charge in [0.2, 0.25) is 5.89 Å². The van der Waals surface area contributed by atoms with Gasteiger partial charge in [-0.3, -0.25) is 4.79 Å². The minimum absolute atomic E-state index is 0. The Morgan fingerprint density at radius 2 is 1.93 bits per heavy atom. The smallest absolute Gasteiger partial charge is 0.252 e. The maximum Gasteiger partial charge on any atom is 0.252 e. The quantitative estimate of drug-likeness (QED) is 0.718. The summed E-state index contributed by atoms with van der Waals surface area (Å²) in [7, 11) is 0. The minimum atomic E-state index is -0.387. The molecule has 2 aliphatic heterocycles. The van der Waals surface area contributed by atoms with E-state index in [9.17, 15) is 4.79 Å². The first-order chi connectivity index (χ1) is 13.6. The fourth-order valence-corrected chi connectivity index (χ4v) is 4.22. The van der Waals surface area contributed by atoms with Crippen LogP contribution >= 0.6 is 24.8 Å². The molecule has 6 nitrogen and oxygen atoms in total. The Balaban J connectivity index is 0.00000160. The van der Waals surface area contributed by atoms with Crippen LogP contribution in [-0.2, 0) is 9.53 Å². The molecule has 3 heterocycles. The highest BCUT2D eigenvalue weighted by Gasteiger charge is 2.40. The summed E-state index contributed by atoms with van der Waals surface area (Å²) in [6.45, 7) is 5.39. The van der Waals surface area contributed by atoms with Crippen molar-refractivity contribution in [2.75, 3.05) is 13.1 Å². The van der Waals surface area contributed by atoms with Crippen molar-refractivity contribution in [1.82, 2.24) is 9.88 Å². The van der Waals surface area contributed by atoms with E-state index >= 15 is 0 Å². The van der Waals surface area contributed by atoms with E-state index in [1.807, 2.05) is 35.2 Å². The molecule has 8 heteroatoms. The summed E-state index contributed by atoms with van der Waals surface area (Å²) in [4.78, 5) is 19.8. The molecule has 0 bridgehead atoms. The molecule has 1 amide bonds. The molecule has 2 N–H and O–H groups in total. The van der Waals surface area contributed by atoms with Crippen LogP contribution in [0.2, 0.25) is 0 Å². The summed E-state index contributed by atoms with van der Waals surface area (Å²) in [6, 6.07) is 9.97. The molecule has 0 radical (unpaired) electrons. The average molecular weight is 456 g/mol. The lowest BCUT2D eigenvalue weighted by Gasteiger charge is -2.25. The van der Waals surface area contributed by atoms with E-state index in [0.29, 0.717) is 12.4 Å². The van der Waals surface area contributed by atoms with E-state index in [4.69, 9.17) is 19.9 Å². The summed E-state index contributed by atoms with van der Waals surface area (Å²) in [5, 5.41) is 0. The number of oxazole rings is 1. The molecular formula is C22H31Cl2N3O3. The maximum atomic E-state index is 13.1. The van der Waals surface area contributed by atoms with Crippen LogP contribution < -0.4 is 5.73 Å². The van der Waals surface area contributed by atoms with Gasteiger partial charge in [0, 0.05) is 24.6 Å². The van der Waals surface area contributed by atoms with Crippen molar-refractivity contribution < 1.29 is 13.9 Å². The molecule has 4 rings (SSSR count). The van der Waals surface area contributed by atoms with E-state index in [1.54, 1.807) is 0 Å². The number of benzene rings is 1. The van der Waals surface area contributed by atoms with Gasteiger partial charge in [0.1, 0.15) is 23.6 Å². The van der Waals surface area contributed by atoms with Crippen molar-refractivity contribution in [3.8, 4) is 11.3 Å². The Morgan fingerprint density at radius 1 is 1.20 bits per heavy atom. The van der Waals surface area contributed by atoms with Gasteiger partial charge in [0.15, 0.2) is 0 Å². The van der Waals surface area contributed by atoms with Crippen LogP contribution in [0, 0.1) is 0 Å². The molecule has 0 aliphatic carbocycles. The molecule has 0 saturated carbocycles. The molecule has 1 unspecified atom stereocenters. The van der Waals surface area contributed by atoms with Gasteiger partial charge in [-0.05, 0) is 25.7 Å². The fourth-order valence-electron chi connectivity index (χ4n) is 4.22. The first-order valence-electron chi connectivity index (χ1n) is 10.3. The summed E-state index contributed by atoms with van der Waals surface area (Å²) in [6.07, 6.45) is 3.01. The number of carbonyl (C=O) groups excluding carboxylic acids is 1. The molecule has 2 fully saturated rings. The molecular weight excluding hydrogens is 425 g/mol. The molecule has 0 spiro atoms. The number of carbonyl (C=O) groups is 1. The Kier molecular flexibility index (Phi) is 8.73. The molecule has 30 heavy (non-hydrogen) atoms. The molecule has 2 saturated heterocycles. The summed E-state index contributed by atoms with van der Waals surface area (Å²) < 4.78 is 12.1. The molecule has 1 aromatic heterocycles. The van der Waals surface area contributed by atoms with Crippen molar-refractivity contribution in [2.24, 2.45) is 5.73 Å². The lowest BCUT2D eigenvalue weighted by molar-refractivity contribution is -0.144. The molecule has 3 atom stereocenters. The second-order valence-corrected chi connectivity index (χ2v) is 8.04. The van der Waals surface area contributed by atoms with Crippen LogP contribution in [-0.4, -0.2) is 41.1 Å². The SMILES string of the molecule is CC(C)c1oc(C2CCCN2C(=O)[C@@H]2CC[C@H](CN)O2)nc1-c1ccccc1.Cl.Cl. The highest BCUT2D eigenvalue weighted by Crippen LogP contribution is 2.38. The van der Waals surface area contributed by atoms with E-state index in [-0.39, 0.29) is 54.9 Å². The van der Waals surface area contributed by atoms with Gasteiger partial charge >= 0.3 is 0 Å². The predicted octanol–water partition coefficient (Wildman–Crippen LogP) is 4.48. The Morgan fingerprint density at radius 3 is 2.57 bits per heavy atom. The molecule has 1 aromatic carbocycles. The number of halogens is 2. The van der Waals surface area contributed by atoms with Gasteiger partial charge in [0.05, 0.1) is 6.10 Å². The zero-order valence-electron chi connectivity index (χ0n) is 17.5. The zero-order chi connectivity index (χ0) is 19.7. The topological polar surface area (TPSA) is 81.6 Å². The first-order valence-corrected chi connectivity index (χ1v) is 10.3. The van der Waals surface area contributed by atoms with E-state index in [2.05, 4.69) is 13.8 Å². The number of nitrogens with zero attached hydrogens (tertiary/aromatic N) is 2. The monoisotopic (exact) mass is 455 g/mol. The van der Waals surface area contributed by atoms with Crippen molar-refractivity contribution in [2.45, 2.75) is 63.7 Å². The molecule has 2 aliphatic rings. The van der Waals surface area contributed by atoms with Gasteiger partial charge in [-0.25, -0.2) is 4.98 Å². The number of rotatable bonds is 5. The predicted molar refractivity (Wildman–Crippen MR) is 121 cm³/mol. The number of aromatic nitrogens is 1. The third-order valence-electron chi connectivity index (χ3n) is 5.71. The van der Waals surface area contributed by atoms with Crippen LogP contribution in [0.1, 0.15) is 63.1 Å². The van der Waals surface area contributed by atoms with Crippen LogP contribution in [0.25, 0.3) is 11.3 Å². The number of likely N-dealkylation sites (tertiary alicyclic amines) is 1. The lowest BCUT2D eigenvalue weighted by atomic mass is 10.0. The normalized spacial score (nSPS) is 23.3. The number of hydrogen-bond donors (Lipinski definition) is 1. The van der Waals surface area contributed by atoms with Gasteiger partial charge < -0.3 is 19.8 Å². The minimum Gasteiger partial charge on any atom is -0.442 e. The zero-order valence-corrected chi connectivity index (χ0v) is 19.1. The molecule has 166 valence electrons. The van der Waals surface area contributed by atoms with Gasteiger partial charge in [0.25, 0.3) is 5.91 Å². The van der Waals surface area contributed by atoms with Crippen LogP contribution in [0.4, 0.5) is 0 Å². The summed E-state index contributed by atoms with van der Waals surface area (Å²) >= 11 is 0. The Labute approximate surface area is 190 Å². The van der Waals surface area contributed by atoms with E-state index < -0.39 is 0 Å². The van der Waals surface area contributed by atoms with Gasteiger partial charge in [-0.1, -0.05) is 44.2 Å². The van der Waals surface area contributed by atoms with Crippen LogP contribution in [0.15, 0.2) is 34.7 Å². The van der Waals surface area contributed by atoms with Crippen LogP contribution in [0.5, 0.6) is 0 Å². The second kappa shape index (κ2) is 10.6. The van der Waals surface area contributed by atoms with Crippen molar-refractivity contribution in [1.29, 1.82) is 0 Å². The lowest BCUT2D eigenvalue weighted by Crippen LogP contribution is -2.39. The second-order valence-electron chi connectivity index (χ2n) is 8.04. The largest absolute Gasteiger partial charge is 0.442 e. The van der Waals surface area contributed by atoms with Crippen molar-refractivity contribution in [3.05, 3.63) is 42.0 Å². The Bertz CT molecular complexity index is 828. The highest BCUT2D eigenvalue weighted by atomic mass is 35.5. The third kappa shape index (κ3) is 4.83. The summed E-state index contributed by atoms with van der Waals surface area (Å²) in [5.41, 5.74) is 7.62. The third-order valence-corrected chi connectivity index (χ3v) is 5.71. The average Bonchev–Trinajstić information content (AvgIpc) is 3.46. The maximum absolute atomic E-state index is 13.1. The highest BCUT2D eigenvalue weighted by molar-refractivity contribution is 5.85.